The molecule has 154 valence electrons. The van der Waals surface area contributed by atoms with Gasteiger partial charge in [-0.3, -0.25) is 14.3 Å². The number of nitrogens with one attached hydrogen (secondary N) is 1. The smallest absolute Gasteiger partial charge is 0.276 e. The zero-order chi connectivity index (χ0) is 21.3. The van der Waals surface area contributed by atoms with Gasteiger partial charge in [-0.15, -0.1) is 0 Å². The highest BCUT2D eigenvalue weighted by molar-refractivity contribution is 6.31. The fraction of sp³-hybridized carbons (Fsp3) is 0.261. The molecule has 1 N–H and O–H groups in total. The van der Waals surface area contributed by atoms with Crippen LogP contribution in [0, 0.1) is 13.8 Å². The Morgan fingerprint density at radius 3 is 2.73 bits per heavy atom. The van der Waals surface area contributed by atoms with Gasteiger partial charge in [-0.1, -0.05) is 47.5 Å². The van der Waals surface area contributed by atoms with E-state index in [9.17, 15) is 9.59 Å². The van der Waals surface area contributed by atoms with Crippen molar-refractivity contribution in [2.75, 3.05) is 11.9 Å². The number of aromatic nitrogens is 2. The third kappa shape index (κ3) is 4.09. The maximum atomic E-state index is 13.1. The minimum Gasteiger partial charge on any atom is -0.333 e. The van der Waals surface area contributed by atoms with Crippen molar-refractivity contribution in [2.24, 2.45) is 0 Å². The lowest BCUT2D eigenvalue weighted by Crippen LogP contribution is -2.30. The predicted molar refractivity (Wildman–Crippen MR) is 117 cm³/mol. The summed E-state index contributed by atoms with van der Waals surface area (Å²) in [6.07, 6.45) is 0.778. The van der Waals surface area contributed by atoms with Crippen molar-refractivity contribution >= 4 is 29.1 Å². The van der Waals surface area contributed by atoms with Crippen molar-refractivity contribution in [1.82, 2.24) is 14.7 Å². The van der Waals surface area contributed by atoms with E-state index >= 15 is 0 Å². The molecule has 0 spiro atoms. The quantitative estimate of drug-likeness (QED) is 0.675. The van der Waals surface area contributed by atoms with E-state index in [-0.39, 0.29) is 17.5 Å². The van der Waals surface area contributed by atoms with Crippen molar-refractivity contribution in [3.05, 3.63) is 81.6 Å². The minimum atomic E-state index is -0.362. The molecule has 30 heavy (non-hydrogen) atoms. The molecule has 0 unspecified atom stereocenters. The molecule has 0 aliphatic carbocycles. The van der Waals surface area contributed by atoms with Crippen LogP contribution in [0.3, 0.4) is 0 Å². The van der Waals surface area contributed by atoms with Gasteiger partial charge in [-0.05, 0) is 43.5 Å². The molecule has 0 saturated heterocycles. The summed E-state index contributed by atoms with van der Waals surface area (Å²) in [6.45, 7) is 5.66. The zero-order valence-corrected chi connectivity index (χ0v) is 17.7. The summed E-state index contributed by atoms with van der Waals surface area (Å²) in [5.74, 6) is -0.474. The number of hydrogen-bond acceptors (Lipinski definition) is 3. The Kier molecular flexibility index (Phi) is 5.59. The second kappa shape index (κ2) is 8.32. The van der Waals surface area contributed by atoms with E-state index in [4.69, 9.17) is 11.6 Å². The summed E-state index contributed by atoms with van der Waals surface area (Å²) in [5.41, 5.74) is 4.32. The molecule has 2 heterocycles. The number of carbonyl (C=O) groups is 2. The molecule has 6 nitrogen and oxygen atoms in total. The normalized spacial score (nSPS) is 13.7. The van der Waals surface area contributed by atoms with Crippen LogP contribution in [-0.2, 0) is 13.1 Å². The van der Waals surface area contributed by atoms with Crippen molar-refractivity contribution in [3.63, 3.8) is 0 Å². The molecule has 1 aliphatic rings. The number of benzene rings is 2. The molecule has 7 heteroatoms. The van der Waals surface area contributed by atoms with Crippen LogP contribution in [0.15, 0.2) is 48.5 Å². The summed E-state index contributed by atoms with van der Waals surface area (Å²) >= 11 is 6.13. The van der Waals surface area contributed by atoms with Gasteiger partial charge in [0.25, 0.3) is 11.8 Å². The van der Waals surface area contributed by atoms with Crippen LogP contribution in [0.4, 0.5) is 5.69 Å². The second-order valence-corrected chi connectivity index (χ2v) is 7.98. The molecule has 0 atom stereocenters. The number of rotatable bonds is 4. The van der Waals surface area contributed by atoms with Crippen molar-refractivity contribution in [3.8, 4) is 0 Å². The Morgan fingerprint density at radius 1 is 1.13 bits per heavy atom. The van der Waals surface area contributed by atoms with E-state index in [0.29, 0.717) is 36.0 Å². The van der Waals surface area contributed by atoms with Gasteiger partial charge in [-0.2, -0.15) is 5.10 Å². The minimum absolute atomic E-state index is 0.112. The summed E-state index contributed by atoms with van der Waals surface area (Å²) in [7, 11) is 0. The van der Waals surface area contributed by atoms with E-state index in [1.165, 1.54) is 0 Å². The van der Waals surface area contributed by atoms with Gasteiger partial charge >= 0.3 is 0 Å². The lowest BCUT2D eigenvalue weighted by molar-refractivity contribution is 0.0745. The first-order valence-corrected chi connectivity index (χ1v) is 10.3. The number of hydrogen-bond donors (Lipinski definition) is 1. The number of anilines is 1. The average Bonchev–Trinajstić information content (AvgIpc) is 3.09. The lowest BCUT2D eigenvalue weighted by Gasteiger charge is -2.20. The third-order valence-electron chi connectivity index (χ3n) is 5.29. The molecule has 0 saturated carbocycles. The van der Waals surface area contributed by atoms with Gasteiger partial charge in [0.2, 0.25) is 0 Å². The molecule has 0 fully saturated rings. The molecular weight excluding hydrogens is 400 g/mol. The molecule has 2 amide bonds. The number of halogens is 1. The molecule has 0 radical (unpaired) electrons. The van der Waals surface area contributed by atoms with Crippen LogP contribution >= 0.6 is 11.6 Å². The summed E-state index contributed by atoms with van der Waals surface area (Å²) in [4.78, 5) is 27.7. The fourth-order valence-electron chi connectivity index (χ4n) is 3.66. The van der Waals surface area contributed by atoms with Crippen molar-refractivity contribution in [1.29, 1.82) is 0 Å². The van der Waals surface area contributed by atoms with Crippen molar-refractivity contribution in [2.45, 2.75) is 33.4 Å². The number of carbonyl (C=O) groups excluding carboxylic acids is 2. The SMILES string of the molecule is Cc1cccc(CN2CCCn3nc(C(=O)Nc4cccc(Cl)c4C)cc3C2=O)c1. The maximum absolute atomic E-state index is 13.1. The van der Waals surface area contributed by atoms with Crippen LogP contribution in [0.25, 0.3) is 0 Å². The Bertz CT molecular complexity index is 1120. The number of aryl methyl sites for hydroxylation is 2. The molecular formula is C23H23ClN4O2. The highest BCUT2D eigenvalue weighted by Crippen LogP contribution is 2.24. The maximum Gasteiger partial charge on any atom is 0.276 e. The topological polar surface area (TPSA) is 67.2 Å². The summed E-state index contributed by atoms with van der Waals surface area (Å²) in [5, 5.41) is 7.81. The van der Waals surface area contributed by atoms with Gasteiger partial charge < -0.3 is 10.2 Å². The fourth-order valence-corrected chi connectivity index (χ4v) is 3.83. The van der Waals surface area contributed by atoms with E-state index in [1.807, 2.05) is 36.9 Å². The molecule has 0 bridgehead atoms. The van der Waals surface area contributed by atoms with Gasteiger partial charge in [0.05, 0.1) is 0 Å². The summed E-state index contributed by atoms with van der Waals surface area (Å²) < 4.78 is 1.64. The second-order valence-electron chi connectivity index (χ2n) is 7.57. The summed E-state index contributed by atoms with van der Waals surface area (Å²) in [6, 6.07) is 15.1. The Labute approximate surface area is 180 Å². The van der Waals surface area contributed by atoms with Gasteiger partial charge in [0.15, 0.2) is 5.69 Å². The first-order chi connectivity index (χ1) is 14.4. The van der Waals surface area contributed by atoms with Gasteiger partial charge in [-0.25, -0.2) is 0 Å². The van der Waals surface area contributed by atoms with E-state index in [0.717, 1.165) is 23.1 Å². The Balaban J connectivity index is 1.55. The number of amides is 2. The van der Waals surface area contributed by atoms with E-state index in [1.54, 1.807) is 28.9 Å². The molecule has 4 rings (SSSR count). The van der Waals surface area contributed by atoms with Crippen LogP contribution in [-0.4, -0.2) is 33.0 Å². The predicted octanol–water partition coefficient (Wildman–Crippen LogP) is 4.45. The molecule has 1 aromatic heterocycles. The Morgan fingerprint density at radius 2 is 1.93 bits per heavy atom. The molecule has 3 aromatic rings. The first kappa shape index (κ1) is 20.2. The number of fused-ring (bicyclic) bond motifs is 1. The molecule has 2 aromatic carbocycles. The van der Waals surface area contributed by atoms with E-state index in [2.05, 4.69) is 16.5 Å². The monoisotopic (exact) mass is 422 g/mol. The zero-order valence-electron chi connectivity index (χ0n) is 17.0. The Hall–Kier alpha value is -3.12. The molecule has 1 aliphatic heterocycles. The average molecular weight is 423 g/mol. The van der Waals surface area contributed by atoms with E-state index < -0.39 is 0 Å². The van der Waals surface area contributed by atoms with Gasteiger partial charge in [0, 0.05) is 36.4 Å². The lowest BCUT2D eigenvalue weighted by atomic mass is 10.1. The van der Waals surface area contributed by atoms with Crippen molar-refractivity contribution < 1.29 is 9.59 Å². The van der Waals surface area contributed by atoms with Crippen LogP contribution in [0.2, 0.25) is 5.02 Å². The highest BCUT2D eigenvalue weighted by atomic mass is 35.5. The standard InChI is InChI=1S/C23H23ClN4O2/c1-15-6-3-7-17(12-15)14-27-10-5-11-28-21(23(27)30)13-20(26-28)22(29)25-19-9-4-8-18(24)16(19)2/h3-4,6-9,12-13H,5,10-11,14H2,1-2H3,(H,25,29). The number of nitrogens with zero attached hydrogens (tertiary/aromatic N) is 3. The third-order valence-corrected chi connectivity index (χ3v) is 5.70. The largest absolute Gasteiger partial charge is 0.333 e. The highest BCUT2D eigenvalue weighted by Gasteiger charge is 2.26. The first-order valence-electron chi connectivity index (χ1n) is 9.91. The van der Waals surface area contributed by atoms with Crippen LogP contribution in [0.5, 0.6) is 0 Å². The van der Waals surface area contributed by atoms with Gasteiger partial charge in [0.1, 0.15) is 5.69 Å². The van der Waals surface area contributed by atoms with Crippen LogP contribution < -0.4 is 5.32 Å². The van der Waals surface area contributed by atoms with Crippen LogP contribution in [0.1, 0.15) is 44.1 Å².